The van der Waals surface area contributed by atoms with E-state index >= 15 is 0 Å². The average molecular weight is 385 g/mol. The van der Waals surface area contributed by atoms with Crippen LogP contribution in [-0.2, 0) is 5.41 Å². The third-order valence-corrected chi connectivity index (χ3v) is 4.34. The summed E-state index contributed by atoms with van der Waals surface area (Å²) in [6.07, 6.45) is 0. The summed E-state index contributed by atoms with van der Waals surface area (Å²) < 4.78 is 0. The molecule has 0 aliphatic carbocycles. The highest BCUT2D eigenvalue weighted by Gasteiger charge is 2.15. The van der Waals surface area contributed by atoms with Gasteiger partial charge >= 0.3 is 0 Å². The van der Waals surface area contributed by atoms with Crippen molar-refractivity contribution in [1.82, 2.24) is 9.97 Å². The highest BCUT2D eigenvalue weighted by Crippen LogP contribution is 2.24. The summed E-state index contributed by atoms with van der Waals surface area (Å²) in [6, 6.07) is 18.5. The van der Waals surface area contributed by atoms with Crippen molar-refractivity contribution < 1.29 is 4.79 Å². The lowest BCUT2D eigenvalue weighted by Gasteiger charge is -2.19. The van der Waals surface area contributed by atoms with Crippen molar-refractivity contribution in [2.24, 2.45) is 0 Å². The minimum absolute atomic E-state index is 0.0513. The van der Waals surface area contributed by atoms with Crippen LogP contribution in [-0.4, -0.2) is 15.9 Å². The molecule has 3 rings (SSSR count). The van der Waals surface area contributed by atoms with Gasteiger partial charge in [-0.05, 0) is 48.2 Å². The smallest absolute Gasteiger partial charge is 0.274 e. The molecule has 1 heterocycles. The standard InChI is InChI=1S/C23H23N5O/c1-15-25-20(13-21(26-15)27-19-7-5-6-16(12-19)14-24)22(29)28-18-10-8-17(9-11-18)23(2,3)4/h5-13H,1-4H3,(H,28,29)(H,25,26,27). The van der Waals surface area contributed by atoms with E-state index in [1.54, 1.807) is 31.2 Å². The molecular weight excluding hydrogens is 362 g/mol. The number of aryl methyl sites for hydroxylation is 1. The fraction of sp³-hybridized carbons (Fsp3) is 0.217. The fourth-order valence-electron chi connectivity index (χ4n) is 2.81. The van der Waals surface area contributed by atoms with Gasteiger partial charge in [-0.1, -0.05) is 39.0 Å². The van der Waals surface area contributed by atoms with E-state index < -0.39 is 0 Å². The van der Waals surface area contributed by atoms with E-state index in [-0.39, 0.29) is 17.0 Å². The zero-order valence-electron chi connectivity index (χ0n) is 16.9. The first-order chi connectivity index (χ1) is 13.7. The zero-order valence-corrected chi connectivity index (χ0v) is 16.9. The molecule has 0 aliphatic heterocycles. The second-order valence-electron chi connectivity index (χ2n) is 7.78. The van der Waals surface area contributed by atoms with Crippen molar-refractivity contribution >= 4 is 23.1 Å². The van der Waals surface area contributed by atoms with Gasteiger partial charge in [0, 0.05) is 17.4 Å². The van der Waals surface area contributed by atoms with Gasteiger partial charge in [-0.25, -0.2) is 9.97 Å². The summed E-state index contributed by atoms with van der Waals surface area (Å²) in [5.41, 5.74) is 3.46. The number of aromatic nitrogens is 2. The topological polar surface area (TPSA) is 90.7 Å². The Balaban J connectivity index is 1.78. The lowest BCUT2D eigenvalue weighted by atomic mass is 9.87. The summed E-state index contributed by atoms with van der Waals surface area (Å²) in [4.78, 5) is 21.3. The number of anilines is 3. The molecule has 0 saturated heterocycles. The number of carbonyl (C=O) groups is 1. The highest BCUT2D eigenvalue weighted by molar-refractivity contribution is 6.03. The molecule has 6 nitrogen and oxygen atoms in total. The van der Waals surface area contributed by atoms with E-state index in [2.05, 4.69) is 47.4 Å². The van der Waals surface area contributed by atoms with E-state index in [0.29, 0.717) is 28.6 Å². The van der Waals surface area contributed by atoms with Crippen LogP contribution in [0.4, 0.5) is 17.2 Å². The first-order valence-electron chi connectivity index (χ1n) is 9.29. The second kappa shape index (κ2) is 8.11. The van der Waals surface area contributed by atoms with E-state index in [1.165, 1.54) is 5.56 Å². The van der Waals surface area contributed by atoms with Crippen LogP contribution < -0.4 is 10.6 Å². The van der Waals surface area contributed by atoms with Crippen LogP contribution in [0, 0.1) is 18.3 Å². The van der Waals surface area contributed by atoms with Crippen LogP contribution in [0.1, 0.15) is 48.2 Å². The summed E-state index contributed by atoms with van der Waals surface area (Å²) in [7, 11) is 0. The lowest BCUT2D eigenvalue weighted by Crippen LogP contribution is -2.16. The van der Waals surface area contributed by atoms with Gasteiger partial charge in [-0.15, -0.1) is 0 Å². The quantitative estimate of drug-likeness (QED) is 0.663. The van der Waals surface area contributed by atoms with Gasteiger partial charge in [0.2, 0.25) is 0 Å². The first kappa shape index (κ1) is 20.0. The van der Waals surface area contributed by atoms with E-state index in [0.717, 1.165) is 0 Å². The third-order valence-electron chi connectivity index (χ3n) is 4.34. The Bertz CT molecular complexity index is 1080. The van der Waals surface area contributed by atoms with Crippen LogP contribution >= 0.6 is 0 Å². The molecule has 0 aliphatic rings. The number of nitrogens with zero attached hydrogens (tertiary/aromatic N) is 3. The van der Waals surface area contributed by atoms with Crippen molar-refractivity contribution in [2.45, 2.75) is 33.1 Å². The maximum Gasteiger partial charge on any atom is 0.274 e. The van der Waals surface area contributed by atoms with Gasteiger partial charge in [0.15, 0.2) is 0 Å². The maximum absolute atomic E-state index is 12.7. The minimum Gasteiger partial charge on any atom is -0.340 e. The number of nitrogens with one attached hydrogen (secondary N) is 2. The van der Waals surface area contributed by atoms with Crippen LogP contribution in [0.3, 0.4) is 0 Å². The van der Waals surface area contributed by atoms with Crippen LogP contribution in [0.2, 0.25) is 0 Å². The number of benzene rings is 2. The van der Waals surface area contributed by atoms with E-state index in [1.807, 2.05) is 30.3 Å². The van der Waals surface area contributed by atoms with Crippen molar-refractivity contribution in [3.05, 3.63) is 77.2 Å². The van der Waals surface area contributed by atoms with Gasteiger partial charge in [-0.2, -0.15) is 5.26 Å². The van der Waals surface area contributed by atoms with Crippen molar-refractivity contribution in [3.8, 4) is 6.07 Å². The predicted octanol–water partition coefficient (Wildman–Crippen LogP) is 4.95. The third kappa shape index (κ3) is 5.17. The first-order valence-corrected chi connectivity index (χ1v) is 9.29. The Kier molecular flexibility index (Phi) is 5.60. The Morgan fingerprint density at radius 3 is 2.38 bits per heavy atom. The SMILES string of the molecule is Cc1nc(Nc2cccc(C#N)c2)cc(C(=O)Nc2ccc(C(C)(C)C)cc2)n1. The molecule has 0 spiro atoms. The molecule has 146 valence electrons. The van der Waals surface area contributed by atoms with Crippen LogP contribution in [0.25, 0.3) is 0 Å². The van der Waals surface area contributed by atoms with Crippen LogP contribution in [0.15, 0.2) is 54.6 Å². The number of hydrogen-bond acceptors (Lipinski definition) is 5. The Labute approximate surface area is 170 Å². The molecular formula is C23H23N5O. The fourth-order valence-corrected chi connectivity index (χ4v) is 2.81. The van der Waals surface area contributed by atoms with Gasteiger partial charge < -0.3 is 10.6 Å². The molecule has 1 amide bonds. The number of hydrogen-bond donors (Lipinski definition) is 2. The summed E-state index contributed by atoms with van der Waals surface area (Å²) >= 11 is 0. The zero-order chi connectivity index (χ0) is 21.0. The van der Waals surface area contributed by atoms with Crippen LogP contribution in [0.5, 0.6) is 0 Å². The Morgan fingerprint density at radius 2 is 1.72 bits per heavy atom. The summed E-state index contributed by atoms with van der Waals surface area (Å²) in [6.45, 7) is 8.16. The van der Waals surface area contributed by atoms with Crippen molar-refractivity contribution in [1.29, 1.82) is 5.26 Å². The molecule has 0 atom stereocenters. The molecule has 0 saturated carbocycles. The van der Waals surface area contributed by atoms with Gasteiger partial charge in [0.25, 0.3) is 5.91 Å². The van der Waals surface area contributed by atoms with Crippen molar-refractivity contribution in [3.63, 3.8) is 0 Å². The molecule has 29 heavy (non-hydrogen) atoms. The van der Waals surface area contributed by atoms with E-state index in [4.69, 9.17) is 5.26 Å². The molecule has 2 aromatic carbocycles. The molecule has 0 fully saturated rings. The van der Waals surface area contributed by atoms with Gasteiger partial charge in [0.1, 0.15) is 17.3 Å². The van der Waals surface area contributed by atoms with Gasteiger partial charge in [0.05, 0.1) is 11.6 Å². The molecule has 0 radical (unpaired) electrons. The molecule has 6 heteroatoms. The number of rotatable bonds is 4. The highest BCUT2D eigenvalue weighted by atomic mass is 16.1. The summed E-state index contributed by atoms with van der Waals surface area (Å²) in [5.74, 6) is 0.647. The minimum atomic E-state index is -0.312. The lowest BCUT2D eigenvalue weighted by molar-refractivity contribution is 0.102. The Hall–Kier alpha value is -3.72. The molecule has 1 aromatic heterocycles. The molecule has 0 unspecified atom stereocenters. The summed E-state index contributed by atoms with van der Waals surface area (Å²) in [5, 5.41) is 15.0. The number of nitriles is 1. The molecule has 0 bridgehead atoms. The molecule has 2 N–H and O–H groups in total. The number of amides is 1. The second-order valence-corrected chi connectivity index (χ2v) is 7.78. The largest absolute Gasteiger partial charge is 0.340 e. The monoisotopic (exact) mass is 385 g/mol. The normalized spacial score (nSPS) is 10.9. The maximum atomic E-state index is 12.7. The molecule has 3 aromatic rings. The number of carbonyl (C=O) groups excluding carboxylic acids is 1. The van der Waals surface area contributed by atoms with Crippen molar-refractivity contribution in [2.75, 3.05) is 10.6 Å². The Morgan fingerprint density at radius 1 is 1.00 bits per heavy atom. The van der Waals surface area contributed by atoms with Gasteiger partial charge in [-0.3, -0.25) is 4.79 Å². The predicted molar refractivity (Wildman–Crippen MR) is 114 cm³/mol. The average Bonchev–Trinajstić information content (AvgIpc) is 2.67. The van der Waals surface area contributed by atoms with E-state index in [9.17, 15) is 4.79 Å².